The lowest BCUT2D eigenvalue weighted by Gasteiger charge is -2.40. The third kappa shape index (κ3) is 1.76. The van der Waals surface area contributed by atoms with Crippen LogP contribution in [0.5, 0.6) is 5.88 Å². The second-order valence-corrected chi connectivity index (χ2v) is 4.56. The topological polar surface area (TPSA) is 64.3 Å². The van der Waals surface area contributed by atoms with Crippen molar-refractivity contribution in [2.45, 2.75) is 0 Å². The number of anilines is 1. The molecule has 0 aromatic carbocycles. The van der Waals surface area contributed by atoms with E-state index in [2.05, 4.69) is 14.9 Å². The molecule has 2 N–H and O–H groups in total. The normalized spacial score (nSPS) is 15.8. The van der Waals surface area contributed by atoms with Gasteiger partial charge < -0.3 is 15.4 Å². The molecule has 5 heteroatoms. The van der Waals surface area contributed by atoms with Gasteiger partial charge in [0.15, 0.2) is 0 Å². The van der Waals surface area contributed by atoms with Crippen LogP contribution in [0, 0.1) is 5.92 Å². The van der Waals surface area contributed by atoms with Crippen LogP contribution in [0.4, 0.5) is 5.69 Å². The molecular weight excluding hydrogens is 228 g/mol. The molecule has 2 aromatic heterocycles. The molecule has 0 atom stereocenters. The first-order valence-corrected chi connectivity index (χ1v) is 6.06. The van der Waals surface area contributed by atoms with Gasteiger partial charge in [0, 0.05) is 31.3 Å². The van der Waals surface area contributed by atoms with Crippen LogP contribution < -0.4 is 15.4 Å². The molecule has 18 heavy (non-hydrogen) atoms. The summed E-state index contributed by atoms with van der Waals surface area (Å²) in [6.07, 6.45) is 1.82. The SMILES string of the molecule is COc1ccc2nccc(N3CC(CN)C3)c2n1. The van der Waals surface area contributed by atoms with Crippen molar-refractivity contribution >= 4 is 16.7 Å². The minimum atomic E-state index is 0.596. The van der Waals surface area contributed by atoms with Gasteiger partial charge in [-0.05, 0) is 18.7 Å². The second-order valence-electron chi connectivity index (χ2n) is 4.56. The Hall–Kier alpha value is -1.88. The Balaban J connectivity index is 2.01. The van der Waals surface area contributed by atoms with Gasteiger partial charge in [0.2, 0.25) is 5.88 Å². The van der Waals surface area contributed by atoms with Gasteiger partial charge in [0.25, 0.3) is 0 Å². The molecule has 0 radical (unpaired) electrons. The van der Waals surface area contributed by atoms with Crippen molar-refractivity contribution in [1.29, 1.82) is 0 Å². The van der Waals surface area contributed by atoms with E-state index in [-0.39, 0.29) is 0 Å². The molecule has 0 amide bonds. The summed E-state index contributed by atoms with van der Waals surface area (Å²) < 4.78 is 5.17. The molecule has 2 aromatic rings. The molecule has 0 bridgehead atoms. The predicted octanol–water partition coefficient (Wildman–Crippen LogP) is 1.03. The highest BCUT2D eigenvalue weighted by Crippen LogP contribution is 2.30. The van der Waals surface area contributed by atoms with E-state index in [0.29, 0.717) is 11.8 Å². The minimum Gasteiger partial charge on any atom is -0.481 e. The van der Waals surface area contributed by atoms with Gasteiger partial charge in [-0.25, -0.2) is 4.98 Å². The highest BCUT2D eigenvalue weighted by Gasteiger charge is 2.27. The van der Waals surface area contributed by atoms with Gasteiger partial charge in [-0.3, -0.25) is 4.98 Å². The van der Waals surface area contributed by atoms with E-state index in [1.807, 2.05) is 24.4 Å². The van der Waals surface area contributed by atoms with Crippen LogP contribution in [-0.2, 0) is 0 Å². The summed E-state index contributed by atoms with van der Waals surface area (Å²) in [6.45, 7) is 2.74. The molecule has 0 aliphatic carbocycles. The van der Waals surface area contributed by atoms with Crippen LogP contribution in [0.1, 0.15) is 0 Å². The number of pyridine rings is 2. The van der Waals surface area contributed by atoms with Gasteiger partial charge in [0.1, 0.15) is 5.52 Å². The Kier molecular flexibility index (Phi) is 2.76. The first-order chi connectivity index (χ1) is 8.81. The van der Waals surface area contributed by atoms with E-state index in [4.69, 9.17) is 10.5 Å². The first-order valence-electron chi connectivity index (χ1n) is 6.06. The van der Waals surface area contributed by atoms with E-state index in [9.17, 15) is 0 Å². The maximum absolute atomic E-state index is 5.66. The molecule has 5 nitrogen and oxygen atoms in total. The standard InChI is InChI=1S/C13H16N4O/c1-18-12-3-2-10-13(16-12)11(4-5-15-10)17-7-9(6-14)8-17/h2-5,9H,6-8,14H2,1H3. The Morgan fingerprint density at radius 2 is 2.22 bits per heavy atom. The molecule has 3 heterocycles. The van der Waals surface area contributed by atoms with Crippen molar-refractivity contribution in [3.63, 3.8) is 0 Å². The summed E-state index contributed by atoms with van der Waals surface area (Å²) in [6, 6.07) is 5.77. The van der Waals surface area contributed by atoms with Crippen molar-refractivity contribution in [2.75, 3.05) is 31.6 Å². The predicted molar refractivity (Wildman–Crippen MR) is 70.8 cm³/mol. The average molecular weight is 244 g/mol. The molecule has 1 aliphatic heterocycles. The molecular formula is C13H16N4O. The lowest BCUT2D eigenvalue weighted by atomic mass is 9.99. The first kappa shape index (κ1) is 11.2. The van der Waals surface area contributed by atoms with Gasteiger partial charge in [-0.1, -0.05) is 0 Å². The molecule has 94 valence electrons. The summed E-state index contributed by atoms with van der Waals surface area (Å²) in [5.74, 6) is 1.21. The number of ether oxygens (including phenoxy) is 1. The largest absolute Gasteiger partial charge is 0.481 e. The summed E-state index contributed by atoms with van der Waals surface area (Å²) in [4.78, 5) is 11.1. The molecule has 0 spiro atoms. The lowest BCUT2D eigenvalue weighted by molar-refractivity contribution is 0.399. The third-order valence-electron chi connectivity index (χ3n) is 3.38. The van der Waals surface area contributed by atoms with Crippen LogP contribution in [0.2, 0.25) is 0 Å². The summed E-state index contributed by atoms with van der Waals surface area (Å²) in [5, 5.41) is 0. The molecule has 0 unspecified atom stereocenters. The zero-order chi connectivity index (χ0) is 12.5. The number of methoxy groups -OCH3 is 1. The molecule has 0 saturated carbocycles. The van der Waals surface area contributed by atoms with Crippen molar-refractivity contribution in [3.05, 3.63) is 24.4 Å². The number of hydrogen-bond donors (Lipinski definition) is 1. The Labute approximate surface area is 106 Å². The van der Waals surface area contributed by atoms with Crippen molar-refractivity contribution in [2.24, 2.45) is 11.7 Å². The van der Waals surface area contributed by atoms with Crippen LogP contribution in [0.3, 0.4) is 0 Å². The van der Waals surface area contributed by atoms with E-state index < -0.39 is 0 Å². The van der Waals surface area contributed by atoms with E-state index in [0.717, 1.165) is 36.4 Å². The summed E-state index contributed by atoms with van der Waals surface area (Å²) in [5.41, 5.74) is 8.56. The zero-order valence-corrected chi connectivity index (χ0v) is 10.3. The van der Waals surface area contributed by atoms with Gasteiger partial charge >= 0.3 is 0 Å². The quantitative estimate of drug-likeness (QED) is 0.873. The number of aromatic nitrogens is 2. The fraction of sp³-hybridized carbons (Fsp3) is 0.385. The fourth-order valence-electron chi connectivity index (χ4n) is 2.28. The van der Waals surface area contributed by atoms with Crippen molar-refractivity contribution in [3.8, 4) is 5.88 Å². The van der Waals surface area contributed by atoms with E-state index >= 15 is 0 Å². The number of hydrogen-bond acceptors (Lipinski definition) is 5. The van der Waals surface area contributed by atoms with Crippen LogP contribution in [0.15, 0.2) is 24.4 Å². The van der Waals surface area contributed by atoms with Crippen molar-refractivity contribution in [1.82, 2.24) is 9.97 Å². The monoisotopic (exact) mass is 244 g/mol. The van der Waals surface area contributed by atoms with Gasteiger partial charge in [-0.2, -0.15) is 0 Å². The molecule has 3 rings (SSSR count). The molecule has 1 aliphatic rings. The maximum Gasteiger partial charge on any atom is 0.213 e. The van der Waals surface area contributed by atoms with Crippen molar-refractivity contribution < 1.29 is 4.74 Å². The number of nitrogens with two attached hydrogens (primary N) is 1. The smallest absolute Gasteiger partial charge is 0.213 e. The zero-order valence-electron chi connectivity index (χ0n) is 10.3. The summed E-state index contributed by atoms with van der Waals surface area (Å²) in [7, 11) is 1.62. The Bertz CT molecular complexity index is 566. The second kappa shape index (κ2) is 4.42. The van der Waals surface area contributed by atoms with E-state index in [1.54, 1.807) is 7.11 Å². The van der Waals surface area contributed by atoms with Gasteiger partial charge in [-0.15, -0.1) is 0 Å². The van der Waals surface area contributed by atoms with Gasteiger partial charge in [0.05, 0.1) is 18.3 Å². The average Bonchev–Trinajstić information content (AvgIpc) is 2.37. The van der Waals surface area contributed by atoms with E-state index in [1.165, 1.54) is 0 Å². The molecule has 1 saturated heterocycles. The van der Waals surface area contributed by atoms with Crippen LogP contribution in [0.25, 0.3) is 11.0 Å². The maximum atomic E-state index is 5.66. The number of rotatable bonds is 3. The summed E-state index contributed by atoms with van der Waals surface area (Å²) >= 11 is 0. The highest BCUT2D eigenvalue weighted by atomic mass is 16.5. The third-order valence-corrected chi connectivity index (χ3v) is 3.38. The number of nitrogens with zero attached hydrogens (tertiary/aromatic N) is 3. The number of fused-ring (bicyclic) bond motifs is 1. The van der Waals surface area contributed by atoms with Crippen LogP contribution >= 0.6 is 0 Å². The minimum absolute atomic E-state index is 0.596. The highest BCUT2D eigenvalue weighted by molar-refractivity contribution is 5.88. The van der Waals surface area contributed by atoms with Crippen LogP contribution in [-0.4, -0.2) is 36.7 Å². The Morgan fingerprint density at radius 1 is 1.39 bits per heavy atom. The Morgan fingerprint density at radius 3 is 2.94 bits per heavy atom. The lowest BCUT2D eigenvalue weighted by Crippen LogP contribution is -2.50. The fourth-order valence-corrected chi connectivity index (χ4v) is 2.28. The molecule has 1 fully saturated rings.